The van der Waals surface area contributed by atoms with Crippen LogP contribution in [0.3, 0.4) is 0 Å². The van der Waals surface area contributed by atoms with Crippen LogP contribution in [0.4, 0.5) is 0 Å². The van der Waals surface area contributed by atoms with Gasteiger partial charge < -0.3 is 14.8 Å². The highest BCUT2D eigenvalue weighted by molar-refractivity contribution is 5.84. The Bertz CT molecular complexity index is 519. The molecule has 1 aliphatic heterocycles. The van der Waals surface area contributed by atoms with Crippen molar-refractivity contribution in [1.29, 1.82) is 0 Å². The van der Waals surface area contributed by atoms with Crippen LogP contribution in [0.5, 0.6) is 5.75 Å². The number of fused-ring (bicyclic) bond motifs is 1. The molecule has 0 amide bonds. The topological polar surface area (TPSA) is 43.4 Å². The lowest BCUT2D eigenvalue weighted by Crippen LogP contribution is -2.41. The van der Waals surface area contributed by atoms with Gasteiger partial charge in [0.05, 0.1) is 12.1 Å². The lowest BCUT2D eigenvalue weighted by Gasteiger charge is -2.23. The third kappa shape index (κ3) is 2.44. The molecule has 1 unspecified atom stereocenters. The van der Waals surface area contributed by atoms with Crippen molar-refractivity contribution >= 4 is 10.9 Å². The summed E-state index contributed by atoms with van der Waals surface area (Å²) in [6, 6.07) is 9.87. The first kappa shape index (κ1) is 11.4. The second-order valence-corrected chi connectivity index (χ2v) is 4.33. The SMILES string of the molecule is c1cc(OCC2CNCCO2)c2cccnc2c1. The summed E-state index contributed by atoms with van der Waals surface area (Å²) in [5.74, 6) is 0.870. The summed E-state index contributed by atoms with van der Waals surface area (Å²) in [5, 5.41) is 4.34. The Morgan fingerprint density at radius 2 is 2.33 bits per heavy atom. The predicted molar refractivity (Wildman–Crippen MR) is 69.8 cm³/mol. The molecule has 1 aliphatic rings. The Morgan fingerprint density at radius 3 is 3.22 bits per heavy atom. The minimum Gasteiger partial charge on any atom is -0.490 e. The highest BCUT2D eigenvalue weighted by atomic mass is 16.5. The van der Waals surface area contributed by atoms with Crippen LogP contribution in [0.2, 0.25) is 0 Å². The third-order valence-electron chi connectivity index (χ3n) is 3.03. The number of aromatic nitrogens is 1. The van der Waals surface area contributed by atoms with Crippen molar-refractivity contribution in [2.45, 2.75) is 6.10 Å². The zero-order chi connectivity index (χ0) is 12.2. The van der Waals surface area contributed by atoms with Crippen LogP contribution in [0.25, 0.3) is 10.9 Å². The Balaban J connectivity index is 1.74. The minimum atomic E-state index is 0.130. The second-order valence-electron chi connectivity index (χ2n) is 4.33. The average molecular weight is 244 g/mol. The molecule has 0 radical (unpaired) electrons. The van der Waals surface area contributed by atoms with E-state index in [4.69, 9.17) is 9.47 Å². The van der Waals surface area contributed by atoms with Crippen molar-refractivity contribution in [3.63, 3.8) is 0 Å². The number of nitrogens with zero attached hydrogens (tertiary/aromatic N) is 1. The summed E-state index contributed by atoms with van der Waals surface area (Å²) in [6.45, 7) is 3.10. The Hall–Kier alpha value is -1.65. The molecular weight excluding hydrogens is 228 g/mol. The molecule has 0 saturated carbocycles. The van der Waals surface area contributed by atoms with Gasteiger partial charge >= 0.3 is 0 Å². The van der Waals surface area contributed by atoms with Gasteiger partial charge in [-0.1, -0.05) is 6.07 Å². The van der Waals surface area contributed by atoms with E-state index in [1.165, 1.54) is 0 Å². The Morgan fingerprint density at radius 1 is 1.33 bits per heavy atom. The van der Waals surface area contributed by atoms with Crippen LogP contribution in [-0.2, 0) is 4.74 Å². The highest BCUT2D eigenvalue weighted by Crippen LogP contribution is 2.23. The van der Waals surface area contributed by atoms with E-state index >= 15 is 0 Å². The monoisotopic (exact) mass is 244 g/mol. The lowest BCUT2D eigenvalue weighted by molar-refractivity contribution is 0.000510. The fraction of sp³-hybridized carbons (Fsp3) is 0.357. The number of ether oxygens (including phenoxy) is 2. The Labute approximate surface area is 106 Å². The number of benzene rings is 1. The average Bonchev–Trinajstić information content (AvgIpc) is 2.46. The summed E-state index contributed by atoms with van der Waals surface area (Å²) >= 11 is 0. The number of pyridine rings is 1. The molecule has 1 aromatic heterocycles. The van der Waals surface area contributed by atoms with Gasteiger partial charge in [0.15, 0.2) is 0 Å². The van der Waals surface area contributed by atoms with E-state index in [0.717, 1.165) is 36.3 Å². The third-order valence-corrected chi connectivity index (χ3v) is 3.03. The quantitative estimate of drug-likeness (QED) is 0.890. The van der Waals surface area contributed by atoms with E-state index in [0.29, 0.717) is 6.61 Å². The van der Waals surface area contributed by atoms with E-state index in [2.05, 4.69) is 10.3 Å². The summed E-state index contributed by atoms with van der Waals surface area (Å²) in [7, 11) is 0. The van der Waals surface area contributed by atoms with Crippen LogP contribution >= 0.6 is 0 Å². The van der Waals surface area contributed by atoms with Crippen molar-refractivity contribution < 1.29 is 9.47 Å². The Kier molecular flexibility index (Phi) is 3.39. The number of hydrogen-bond acceptors (Lipinski definition) is 4. The summed E-state index contributed by atoms with van der Waals surface area (Å²) in [6.07, 6.45) is 1.92. The van der Waals surface area contributed by atoms with Crippen LogP contribution < -0.4 is 10.1 Å². The maximum Gasteiger partial charge on any atom is 0.128 e. The molecule has 0 bridgehead atoms. The van der Waals surface area contributed by atoms with E-state index in [9.17, 15) is 0 Å². The van der Waals surface area contributed by atoms with E-state index in [1.54, 1.807) is 6.20 Å². The van der Waals surface area contributed by atoms with Gasteiger partial charge in [-0.2, -0.15) is 0 Å². The van der Waals surface area contributed by atoms with Crippen molar-refractivity contribution in [3.05, 3.63) is 36.5 Å². The summed E-state index contributed by atoms with van der Waals surface area (Å²) in [4.78, 5) is 4.31. The molecule has 1 atom stereocenters. The van der Waals surface area contributed by atoms with Crippen molar-refractivity contribution in [3.8, 4) is 5.75 Å². The fourth-order valence-electron chi connectivity index (χ4n) is 2.11. The highest BCUT2D eigenvalue weighted by Gasteiger charge is 2.14. The number of morpholine rings is 1. The number of rotatable bonds is 3. The zero-order valence-electron chi connectivity index (χ0n) is 10.1. The molecule has 1 fully saturated rings. The molecule has 1 saturated heterocycles. The maximum absolute atomic E-state index is 5.85. The molecule has 18 heavy (non-hydrogen) atoms. The van der Waals surface area contributed by atoms with Gasteiger partial charge in [0.25, 0.3) is 0 Å². The molecule has 0 aliphatic carbocycles. The van der Waals surface area contributed by atoms with Gasteiger partial charge in [-0.15, -0.1) is 0 Å². The van der Waals surface area contributed by atoms with Gasteiger partial charge in [-0.3, -0.25) is 4.98 Å². The molecule has 2 heterocycles. The minimum absolute atomic E-state index is 0.130. The van der Waals surface area contributed by atoms with Crippen LogP contribution in [0.1, 0.15) is 0 Å². The normalized spacial score (nSPS) is 19.9. The molecule has 94 valence electrons. The molecular formula is C14H16N2O2. The van der Waals surface area contributed by atoms with Crippen LogP contribution in [0.15, 0.2) is 36.5 Å². The van der Waals surface area contributed by atoms with Gasteiger partial charge in [0.1, 0.15) is 18.5 Å². The second kappa shape index (κ2) is 5.33. The number of nitrogens with one attached hydrogen (secondary N) is 1. The fourth-order valence-corrected chi connectivity index (χ4v) is 2.11. The first-order chi connectivity index (χ1) is 8.93. The number of hydrogen-bond donors (Lipinski definition) is 1. The standard InChI is InChI=1S/C14H16N2O2/c1-4-13-12(3-2-6-16-13)14(5-1)18-10-11-9-15-7-8-17-11/h1-6,11,15H,7-10H2. The largest absolute Gasteiger partial charge is 0.490 e. The van der Waals surface area contributed by atoms with Gasteiger partial charge in [0, 0.05) is 24.7 Å². The molecule has 1 N–H and O–H groups in total. The molecule has 2 aromatic rings. The first-order valence-electron chi connectivity index (χ1n) is 6.22. The molecule has 4 nitrogen and oxygen atoms in total. The zero-order valence-corrected chi connectivity index (χ0v) is 10.1. The van der Waals surface area contributed by atoms with Crippen LogP contribution in [-0.4, -0.2) is 37.4 Å². The molecule has 0 spiro atoms. The van der Waals surface area contributed by atoms with E-state index in [-0.39, 0.29) is 6.10 Å². The van der Waals surface area contributed by atoms with Gasteiger partial charge in [-0.25, -0.2) is 0 Å². The molecule has 4 heteroatoms. The lowest BCUT2D eigenvalue weighted by atomic mass is 10.2. The smallest absolute Gasteiger partial charge is 0.128 e. The molecule has 1 aromatic carbocycles. The van der Waals surface area contributed by atoms with E-state index < -0.39 is 0 Å². The van der Waals surface area contributed by atoms with Gasteiger partial charge in [-0.05, 0) is 24.3 Å². The maximum atomic E-state index is 5.85. The summed E-state index contributed by atoms with van der Waals surface area (Å²) in [5.41, 5.74) is 0.956. The van der Waals surface area contributed by atoms with E-state index in [1.807, 2.05) is 30.3 Å². The van der Waals surface area contributed by atoms with Gasteiger partial charge in [0.2, 0.25) is 0 Å². The molecule has 3 rings (SSSR count). The first-order valence-corrected chi connectivity index (χ1v) is 6.22. The van der Waals surface area contributed by atoms with Crippen molar-refractivity contribution in [1.82, 2.24) is 10.3 Å². The van der Waals surface area contributed by atoms with Crippen molar-refractivity contribution in [2.75, 3.05) is 26.3 Å². The van der Waals surface area contributed by atoms with Crippen molar-refractivity contribution in [2.24, 2.45) is 0 Å². The summed E-state index contributed by atoms with van der Waals surface area (Å²) < 4.78 is 11.5. The van der Waals surface area contributed by atoms with Crippen LogP contribution in [0, 0.1) is 0 Å². The predicted octanol–water partition coefficient (Wildman–Crippen LogP) is 1.60.